The smallest absolute Gasteiger partial charge is 0.341 e. The van der Waals surface area contributed by atoms with Crippen LogP contribution in [-0.4, -0.2) is 31.3 Å². The zero-order chi connectivity index (χ0) is 13.5. The number of hydrogen-bond donors (Lipinski definition) is 1. The Bertz CT molecular complexity index is 476. The van der Waals surface area contributed by atoms with Gasteiger partial charge in [0.25, 0.3) is 0 Å². The molecule has 0 aliphatic rings. The Morgan fingerprint density at radius 2 is 2.06 bits per heavy atom. The van der Waals surface area contributed by atoms with E-state index in [2.05, 4.69) is 4.74 Å². The molecule has 0 amide bonds. The fourth-order valence-electron chi connectivity index (χ4n) is 1.39. The largest absolute Gasteiger partial charge is 0.496 e. The number of carboxylic acid groups (broad SMARTS) is 1. The van der Waals surface area contributed by atoms with Crippen LogP contribution in [0.25, 0.3) is 6.08 Å². The Hall–Kier alpha value is -2.30. The highest BCUT2D eigenvalue weighted by Crippen LogP contribution is 2.21. The first kappa shape index (κ1) is 13.8. The SMILES string of the molecule is COC(=O)c1ccc(C=CCC(=O)O)cc1OC. The van der Waals surface area contributed by atoms with Gasteiger partial charge in [-0.05, 0) is 17.7 Å². The van der Waals surface area contributed by atoms with Crippen molar-refractivity contribution in [2.24, 2.45) is 0 Å². The summed E-state index contributed by atoms with van der Waals surface area (Å²) in [5.41, 5.74) is 1.08. The van der Waals surface area contributed by atoms with Crippen molar-refractivity contribution in [1.29, 1.82) is 0 Å². The van der Waals surface area contributed by atoms with Crippen LogP contribution in [0.15, 0.2) is 24.3 Å². The van der Waals surface area contributed by atoms with E-state index >= 15 is 0 Å². The van der Waals surface area contributed by atoms with Crippen LogP contribution in [0.4, 0.5) is 0 Å². The van der Waals surface area contributed by atoms with Crippen LogP contribution in [0, 0.1) is 0 Å². The minimum atomic E-state index is -0.899. The average molecular weight is 250 g/mol. The number of ether oxygens (including phenoxy) is 2. The van der Waals surface area contributed by atoms with Gasteiger partial charge in [-0.15, -0.1) is 0 Å². The van der Waals surface area contributed by atoms with Crippen LogP contribution in [0.2, 0.25) is 0 Å². The van der Waals surface area contributed by atoms with Crippen LogP contribution in [0.5, 0.6) is 5.75 Å². The maximum absolute atomic E-state index is 11.4. The first-order valence-electron chi connectivity index (χ1n) is 5.23. The van der Waals surface area contributed by atoms with Crippen molar-refractivity contribution in [1.82, 2.24) is 0 Å². The Morgan fingerprint density at radius 3 is 2.61 bits per heavy atom. The molecular formula is C13H14O5. The Balaban J connectivity index is 2.95. The summed E-state index contributed by atoms with van der Waals surface area (Å²) in [4.78, 5) is 21.8. The fraction of sp³-hybridized carbons (Fsp3) is 0.231. The summed E-state index contributed by atoms with van der Waals surface area (Å²) in [7, 11) is 2.75. The molecule has 0 saturated carbocycles. The van der Waals surface area contributed by atoms with Gasteiger partial charge in [-0.3, -0.25) is 4.79 Å². The van der Waals surface area contributed by atoms with Gasteiger partial charge in [0.1, 0.15) is 11.3 Å². The highest BCUT2D eigenvalue weighted by molar-refractivity contribution is 5.92. The first-order valence-corrected chi connectivity index (χ1v) is 5.23. The number of carbonyl (C=O) groups is 2. The van der Waals surface area contributed by atoms with Crippen molar-refractivity contribution in [2.45, 2.75) is 6.42 Å². The van der Waals surface area contributed by atoms with Crippen LogP contribution in [-0.2, 0) is 9.53 Å². The molecule has 96 valence electrons. The second kappa shape index (κ2) is 6.44. The van der Waals surface area contributed by atoms with Gasteiger partial charge in [0, 0.05) is 0 Å². The molecular weight excluding hydrogens is 236 g/mol. The molecule has 0 atom stereocenters. The number of hydrogen-bond acceptors (Lipinski definition) is 4. The molecule has 0 aliphatic carbocycles. The summed E-state index contributed by atoms with van der Waals surface area (Å²) in [5.74, 6) is -0.989. The second-order valence-electron chi connectivity index (χ2n) is 3.45. The normalized spacial score (nSPS) is 10.3. The first-order chi connectivity index (χ1) is 8.58. The van der Waals surface area contributed by atoms with E-state index in [-0.39, 0.29) is 6.42 Å². The van der Waals surface area contributed by atoms with Gasteiger partial charge >= 0.3 is 11.9 Å². The van der Waals surface area contributed by atoms with Crippen molar-refractivity contribution in [2.75, 3.05) is 14.2 Å². The molecule has 0 saturated heterocycles. The molecule has 0 aromatic heterocycles. The van der Waals surface area contributed by atoms with Gasteiger partial charge in [-0.1, -0.05) is 18.2 Å². The van der Waals surface area contributed by atoms with Crippen molar-refractivity contribution in [3.63, 3.8) is 0 Å². The summed E-state index contributed by atoms with van der Waals surface area (Å²) >= 11 is 0. The molecule has 0 aliphatic heterocycles. The maximum atomic E-state index is 11.4. The summed E-state index contributed by atoms with van der Waals surface area (Å²) in [6.07, 6.45) is 3.12. The Kier molecular flexibility index (Phi) is 4.92. The molecule has 0 bridgehead atoms. The Morgan fingerprint density at radius 1 is 1.33 bits per heavy atom. The van der Waals surface area contributed by atoms with E-state index in [4.69, 9.17) is 9.84 Å². The lowest BCUT2D eigenvalue weighted by atomic mass is 10.1. The number of esters is 1. The zero-order valence-electron chi connectivity index (χ0n) is 10.2. The molecule has 0 radical (unpaired) electrons. The highest BCUT2D eigenvalue weighted by atomic mass is 16.5. The molecule has 1 N–H and O–H groups in total. The topological polar surface area (TPSA) is 72.8 Å². The van der Waals surface area contributed by atoms with E-state index in [1.54, 1.807) is 24.3 Å². The number of methoxy groups -OCH3 is 2. The molecule has 0 fully saturated rings. The number of benzene rings is 1. The van der Waals surface area contributed by atoms with Gasteiger partial charge in [0.2, 0.25) is 0 Å². The summed E-state index contributed by atoms with van der Waals surface area (Å²) in [6, 6.07) is 4.91. The third-order valence-corrected chi connectivity index (χ3v) is 2.23. The van der Waals surface area contributed by atoms with E-state index in [1.165, 1.54) is 20.3 Å². The van der Waals surface area contributed by atoms with Gasteiger partial charge in [0.15, 0.2) is 0 Å². The molecule has 1 aromatic rings. The van der Waals surface area contributed by atoms with Crippen molar-refractivity contribution >= 4 is 18.0 Å². The van der Waals surface area contributed by atoms with E-state index in [0.29, 0.717) is 11.3 Å². The van der Waals surface area contributed by atoms with Gasteiger partial charge < -0.3 is 14.6 Å². The third kappa shape index (κ3) is 3.62. The van der Waals surface area contributed by atoms with Crippen molar-refractivity contribution < 1.29 is 24.2 Å². The standard InChI is InChI=1S/C13H14O5/c1-17-11-8-9(4-3-5-12(14)15)6-7-10(11)13(16)18-2/h3-4,6-8H,5H2,1-2H3,(H,14,15). The number of rotatable bonds is 5. The van der Waals surface area contributed by atoms with Gasteiger partial charge in [0.05, 0.1) is 20.6 Å². The van der Waals surface area contributed by atoms with Gasteiger partial charge in [-0.2, -0.15) is 0 Å². The van der Waals surface area contributed by atoms with E-state index in [1.807, 2.05) is 0 Å². The molecule has 1 rings (SSSR count). The lowest BCUT2D eigenvalue weighted by molar-refractivity contribution is -0.135. The van der Waals surface area contributed by atoms with E-state index in [0.717, 1.165) is 5.56 Å². The van der Waals surface area contributed by atoms with Crippen molar-refractivity contribution in [3.8, 4) is 5.75 Å². The van der Waals surface area contributed by atoms with Gasteiger partial charge in [-0.25, -0.2) is 4.79 Å². The minimum Gasteiger partial charge on any atom is -0.496 e. The molecule has 0 unspecified atom stereocenters. The third-order valence-electron chi connectivity index (χ3n) is 2.23. The van der Waals surface area contributed by atoms with E-state index < -0.39 is 11.9 Å². The lowest BCUT2D eigenvalue weighted by Gasteiger charge is -2.07. The number of carboxylic acids is 1. The summed E-state index contributed by atoms with van der Waals surface area (Å²) < 4.78 is 9.70. The quantitative estimate of drug-likeness (QED) is 0.809. The van der Waals surface area contributed by atoms with Crippen LogP contribution >= 0.6 is 0 Å². The summed E-state index contributed by atoms with van der Waals surface area (Å²) in [5, 5.41) is 8.50. The second-order valence-corrected chi connectivity index (χ2v) is 3.45. The van der Waals surface area contributed by atoms with Crippen molar-refractivity contribution in [3.05, 3.63) is 35.4 Å². The van der Waals surface area contributed by atoms with Crippen LogP contribution < -0.4 is 4.74 Å². The molecule has 18 heavy (non-hydrogen) atoms. The average Bonchev–Trinajstić information content (AvgIpc) is 2.37. The predicted octanol–water partition coefficient (Wildman–Crippen LogP) is 1.97. The van der Waals surface area contributed by atoms with E-state index in [9.17, 15) is 9.59 Å². The highest BCUT2D eigenvalue weighted by Gasteiger charge is 2.12. The maximum Gasteiger partial charge on any atom is 0.341 e. The molecule has 1 aromatic carbocycles. The zero-order valence-corrected chi connectivity index (χ0v) is 10.2. The number of aliphatic carboxylic acids is 1. The van der Waals surface area contributed by atoms with Crippen LogP contribution in [0.1, 0.15) is 22.3 Å². The Labute approximate surface area is 105 Å². The minimum absolute atomic E-state index is 0.0545. The molecule has 5 heteroatoms. The molecule has 5 nitrogen and oxygen atoms in total. The summed E-state index contributed by atoms with van der Waals surface area (Å²) in [6.45, 7) is 0. The monoisotopic (exact) mass is 250 g/mol. The predicted molar refractivity (Wildman–Crippen MR) is 65.6 cm³/mol. The molecule has 0 spiro atoms. The van der Waals surface area contributed by atoms with Crippen LogP contribution in [0.3, 0.4) is 0 Å². The lowest BCUT2D eigenvalue weighted by Crippen LogP contribution is -2.04. The number of carbonyl (C=O) groups excluding carboxylic acids is 1. The molecule has 0 heterocycles. The fourth-order valence-corrected chi connectivity index (χ4v) is 1.39.